The summed E-state index contributed by atoms with van der Waals surface area (Å²) in [6, 6.07) is 3.10. The lowest BCUT2D eigenvalue weighted by Gasteiger charge is -2.39. The summed E-state index contributed by atoms with van der Waals surface area (Å²) in [6.45, 7) is 1.48. The third kappa shape index (κ3) is 3.56. The number of nitrogens with one attached hydrogen (secondary N) is 1. The second-order valence-electron chi connectivity index (χ2n) is 5.21. The third-order valence-corrected chi connectivity index (χ3v) is 3.54. The molecule has 0 radical (unpaired) electrons. The predicted molar refractivity (Wildman–Crippen MR) is 76.0 cm³/mol. The zero-order valence-electron chi connectivity index (χ0n) is 12.0. The Morgan fingerprint density at radius 1 is 1.22 bits per heavy atom. The number of carbonyl (C=O) groups is 1. The largest absolute Gasteiger partial charge is 0.478 e. The molecule has 10 heteroatoms. The molecule has 0 aliphatic carbocycles. The Bertz CT molecular complexity index is 590. The van der Waals surface area contributed by atoms with Crippen LogP contribution in [0.1, 0.15) is 17.3 Å². The highest BCUT2D eigenvalue weighted by Crippen LogP contribution is 2.26. The Morgan fingerprint density at radius 3 is 2.43 bits per heavy atom. The summed E-state index contributed by atoms with van der Waals surface area (Å²) in [6.07, 6.45) is -6.25. The van der Waals surface area contributed by atoms with Crippen molar-refractivity contribution >= 4 is 17.3 Å². The first-order valence-corrected chi connectivity index (χ1v) is 6.69. The van der Waals surface area contributed by atoms with Crippen molar-refractivity contribution in [3.05, 3.63) is 33.9 Å². The molecule has 0 saturated carbocycles. The smallest absolute Gasteiger partial charge is 0.336 e. The van der Waals surface area contributed by atoms with Gasteiger partial charge in [-0.1, -0.05) is 0 Å². The van der Waals surface area contributed by atoms with Crippen LogP contribution in [0.3, 0.4) is 0 Å². The fourth-order valence-electron chi connectivity index (χ4n) is 2.26. The molecule has 1 aliphatic heterocycles. The maximum Gasteiger partial charge on any atom is 0.336 e. The number of aromatic carboxylic acids is 1. The molecule has 5 atom stereocenters. The van der Waals surface area contributed by atoms with Crippen molar-refractivity contribution in [3.63, 3.8) is 0 Å². The summed E-state index contributed by atoms with van der Waals surface area (Å²) >= 11 is 0. The van der Waals surface area contributed by atoms with Gasteiger partial charge in [-0.05, 0) is 13.0 Å². The molecule has 1 fully saturated rings. The standard InChI is InChI=1S/C13H16N2O8/c1-5-9(16)10(17)11(18)12(23-5)14-7-2-6(13(19)20)3-8(4-7)15(21)22/h2-5,9-12,14,16-18H,1H3,(H,19,20)/t5-,9+,10-,11-,12-/m0/s1. The number of aliphatic hydroxyl groups excluding tert-OH is 3. The number of anilines is 1. The van der Waals surface area contributed by atoms with Crippen LogP contribution < -0.4 is 5.32 Å². The van der Waals surface area contributed by atoms with Crippen molar-refractivity contribution < 1.29 is 34.9 Å². The molecule has 0 spiro atoms. The molecule has 2 rings (SSSR count). The van der Waals surface area contributed by atoms with Gasteiger partial charge in [-0.25, -0.2) is 4.79 Å². The summed E-state index contributed by atoms with van der Waals surface area (Å²) in [5, 5.41) is 51.7. The minimum atomic E-state index is -1.51. The second-order valence-corrected chi connectivity index (χ2v) is 5.21. The van der Waals surface area contributed by atoms with Gasteiger partial charge in [0.2, 0.25) is 0 Å². The van der Waals surface area contributed by atoms with Gasteiger partial charge in [-0.2, -0.15) is 0 Å². The van der Waals surface area contributed by atoms with Crippen molar-refractivity contribution in [3.8, 4) is 0 Å². The van der Waals surface area contributed by atoms with Crippen LogP contribution in [-0.4, -0.2) is 62.0 Å². The summed E-state index contributed by atoms with van der Waals surface area (Å²) in [7, 11) is 0. The number of ether oxygens (including phenoxy) is 1. The topological polar surface area (TPSA) is 162 Å². The summed E-state index contributed by atoms with van der Waals surface area (Å²) in [5.74, 6) is -1.36. The van der Waals surface area contributed by atoms with E-state index in [4.69, 9.17) is 9.84 Å². The average molecular weight is 328 g/mol. The van der Waals surface area contributed by atoms with E-state index in [2.05, 4.69) is 5.32 Å². The van der Waals surface area contributed by atoms with E-state index in [0.717, 1.165) is 18.2 Å². The first-order chi connectivity index (χ1) is 10.7. The number of hydrogen-bond acceptors (Lipinski definition) is 8. The van der Waals surface area contributed by atoms with E-state index in [1.165, 1.54) is 6.92 Å². The Balaban J connectivity index is 2.28. The molecule has 1 aliphatic rings. The Labute approximate surface area is 130 Å². The maximum atomic E-state index is 11.0. The number of nitrogens with zero attached hydrogens (tertiary/aromatic N) is 1. The van der Waals surface area contributed by atoms with Crippen LogP contribution in [0.15, 0.2) is 18.2 Å². The van der Waals surface area contributed by atoms with Gasteiger partial charge in [0.15, 0.2) is 6.23 Å². The van der Waals surface area contributed by atoms with Crippen LogP contribution in [0.2, 0.25) is 0 Å². The number of benzene rings is 1. The van der Waals surface area contributed by atoms with Crippen molar-refractivity contribution in [1.82, 2.24) is 0 Å². The molecule has 126 valence electrons. The molecule has 0 bridgehead atoms. The first-order valence-electron chi connectivity index (χ1n) is 6.69. The lowest BCUT2D eigenvalue weighted by molar-refractivity contribution is -0.384. The molecular formula is C13H16N2O8. The Hall–Kier alpha value is -2.27. The van der Waals surface area contributed by atoms with Gasteiger partial charge < -0.3 is 30.5 Å². The summed E-state index contributed by atoms with van der Waals surface area (Å²) in [5.41, 5.74) is -0.747. The summed E-state index contributed by atoms with van der Waals surface area (Å²) in [4.78, 5) is 21.1. The first kappa shape index (κ1) is 17.1. The quantitative estimate of drug-likeness (QED) is 0.363. The molecular weight excluding hydrogens is 312 g/mol. The second kappa shape index (κ2) is 6.46. The lowest BCUT2D eigenvalue weighted by Crippen LogP contribution is -2.58. The Morgan fingerprint density at radius 2 is 1.87 bits per heavy atom. The highest BCUT2D eigenvalue weighted by molar-refractivity contribution is 5.90. The fraction of sp³-hybridized carbons (Fsp3) is 0.462. The number of nitro benzene ring substituents is 1. The van der Waals surface area contributed by atoms with Gasteiger partial charge in [-0.15, -0.1) is 0 Å². The van der Waals surface area contributed by atoms with E-state index in [1.807, 2.05) is 0 Å². The van der Waals surface area contributed by atoms with Crippen molar-refractivity contribution in [2.75, 3.05) is 5.32 Å². The van der Waals surface area contributed by atoms with Crippen LogP contribution >= 0.6 is 0 Å². The minimum Gasteiger partial charge on any atom is -0.478 e. The monoisotopic (exact) mass is 328 g/mol. The van der Waals surface area contributed by atoms with Gasteiger partial charge in [0.1, 0.15) is 18.3 Å². The molecule has 10 nitrogen and oxygen atoms in total. The van der Waals surface area contributed by atoms with E-state index in [9.17, 15) is 30.2 Å². The van der Waals surface area contributed by atoms with Crippen LogP contribution in [0, 0.1) is 10.1 Å². The van der Waals surface area contributed by atoms with E-state index in [0.29, 0.717) is 0 Å². The number of carboxylic acid groups (broad SMARTS) is 1. The van der Waals surface area contributed by atoms with Crippen LogP contribution in [0.25, 0.3) is 0 Å². The number of carboxylic acids is 1. The SMILES string of the molecule is C[C@@H]1O[C@H](Nc2cc(C(=O)O)cc([N+](=O)[O-])c2)[C@@H](O)[C@@H](O)[C@@H]1O. The molecule has 5 N–H and O–H groups in total. The van der Waals surface area contributed by atoms with Gasteiger partial charge in [0, 0.05) is 17.8 Å². The zero-order valence-corrected chi connectivity index (χ0v) is 12.0. The zero-order chi connectivity index (χ0) is 17.3. The molecule has 0 amide bonds. The van der Waals surface area contributed by atoms with Crippen molar-refractivity contribution in [2.24, 2.45) is 0 Å². The van der Waals surface area contributed by atoms with E-state index < -0.39 is 47.2 Å². The predicted octanol–water partition coefficient (Wildman–Crippen LogP) is -0.468. The van der Waals surface area contributed by atoms with Crippen LogP contribution in [-0.2, 0) is 4.74 Å². The van der Waals surface area contributed by atoms with Crippen molar-refractivity contribution in [2.45, 2.75) is 37.6 Å². The highest BCUT2D eigenvalue weighted by Gasteiger charge is 2.41. The van der Waals surface area contributed by atoms with E-state index >= 15 is 0 Å². The molecule has 1 aromatic carbocycles. The van der Waals surface area contributed by atoms with Crippen LogP contribution in [0.4, 0.5) is 11.4 Å². The number of rotatable bonds is 4. The third-order valence-electron chi connectivity index (χ3n) is 3.54. The van der Waals surface area contributed by atoms with Gasteiger partial charge in [-0.3, -0.25) is 10.1 Å². The molecule has 0 unspecified atom stereocenters. The van der Waals surface area contributed by atoms with Gasteiger partial charge in [0.25, 0.3) is 5.69 Å². The minimum absolute atomic E-state index is 0.0245. The van der Waals surface area contributed by atoms with E-state index in [-0.39, 0.29) is 11.3 Å². The van der Waals surface area contributed by atoms with Crippen molar-refractivity contribution in [1.29, 1.82) is 0 Å². The Kier molecular flexibility index (Phi) is 4.80. The molecule has 1 saturated heterocycles. The fourth-order valence-corrected chi connectivity index (χ4v) is 2.26. The maximum absolute atomic E-state index is 11.0. The highest BCUT2D eigenvalue weighted by atomic mass is 16.6. The van der Waals surface area contributed by atoms with Crippen LogP contribution in [0.5, 0.6) is 0 Å². The number of non-ortho nitro benzene ring substituents is 1. The van der Waals surface area contributed by atoms with Gasteiger partial charge in [0.05, 0.1) is 16.6 Å². The lowest BCUT2D eigenvalue weighted by atomic mass is 9.99. The molecule has 1 heterocycles. The number of hydrogen-bond donors (Lipinski definition) is 5. The number of nitro groups is 1. The van der Waals surface area contributed by atoms with Gasteiger partial charge >= 0.3 is 5.97 Å². The summed E-state index contributed by atoms with van der Waals surface area (Å²) < 4.78 is 5.30. The van der Waals surface area contributed by atoms with E-state index in [1.54, 1.807) is 0 Å². The average Bonchev–Trinajstić information content (AvgIpc) is 2.50. The molecule has 0 aromatic heterocycles. The number of aliphatic hydroxyl groups is 3. The normalized spacial score (nSPS) is 30.7. The molecule has 1 aromatic rings. The molecule has 23 heavy (non-hydrogen) atoms.